The lowest BCUT2D eigenvalue weighted by Gasteiger charge is -2.19. The molecule has 0 unspecified atom stereocenters. The van der Waals surface area contributed by atoms with Crippen molar-refractivity contribution in [1.29, 1.82) is 0 Å². The van der Waals surface area contributed by atoms with Gasteiger partial charge in [-0.2, -0.15) is 5.10 Å². The highest BCUT2D eigenvalue weighted by molar-refractivity contribution is 6.31. The Bertz CT molecular complexity index is 660. The summed E-state index contributed by atoms with van der Waals surface area (Å²) in [6.45, 7) is 12.7. The summed E-state index contributed by atoms with van der Waals surface area (Å²) in [6.07, 6.45) is 2.54. The van der Waals surface area contributed by atoms with Crippen molar-refractivity contribution >= 4 is 29.7 Å². The fourth-order valence-corrected chi connectivity index (χ4v) is 2.41. The maximum atomic E-state index is 11.9. The fourth-order valence-electron chi connectivity index (χ4n) is 2.11. The minimum atomic E-state index is -0.548. The van der Waals surface area contributed by atoms with Gasteiger partial charge in [0.05, 0.1) is 5.69 Å². The van der Waals surface area contributed by atoms with Crippen LogP contribution >= 0.6 is 11.6 Å². The largest absolute Gasteiger partial charge is 0.444 e. The average Bonchev–Trinajstić information content (AvgIpc) is 2.73. The quantitative estimate of drug-likeness (QED) is 0.558. The molecule has 26 heavy (non-hydrogen) atoms. The number of nitrogens with zero attached hydrogens (tertiary/aromatic N) is 2. The lowest BCUT2D eigenvalue weighted by Crippen LogP contribution is -2.37. The Kier molecular flexibility index (Phi) is 8.14. The number of carbonyl (C=O) groups excluding carboxylic acids is 2. The molecule has 0 aromatic carbocycles. The van der Waals surface area contributed by atoms with Crippen LogP contribution < -0.4 is 10.6 Å². The van der Waals surface area contributed by atoms with Crippen molar-refractivity contribution in [2.75, 3.05) is 13.1 Å². The number of hydrogen-bond acceptors (Lipinski definition) is 4. The van der Waals surface area contributed by atoms with Crippen molar-refractivity contribution in [2.24, 2.45) is 5.92 Å². The van der Waals surface area contributed by atoms with Gasteiger partial charge in [-0.3, -0.25) is 9.48 Å². The molecular weight excluding hydrogens is 356 g/mol. The number of aryl methyl sites for hydroxylation is 1. The molecule has 2 N–H and O–H groups in total. The standard InChI is InChI=1S/C18H29ClN4O3/c1-12(2)11-23-16(19)14(13(3)22-23)7-8-15(24)20-9-10-21-17(25)26-18(4,5)6/h7-8,12H,9-11H2,1-6H3,(H,20,24)(H,21,25)/b8-7+. The number of nitrogens with one attached hydrogen (secondary N) is 2. The van der Waals surface area contributed by atoms with Gasteiger partial charge in [-0.1, -0.05) is 25.4 Å². The number of alkyl carbamates (subject to hydrolysis) is 1. The first-order valence-electron chi connectivity index (χ1n) is 8.65. The summed E-state index contributed by atoms with van der Waals surface area (Å²) in [5, 5.41) is 10.2. The molecule has 0 saturated heterocycles. The molecule has 0 aliphatic rings. The minimum absolute atomic E-state index is 0.275. The van der Waals surface area contributed by atoms with E-state index >= 15 is 0 Å². The molecule has 0 atom stereocenters. The Morgan fingerprint density at radius 2 is 1.88 bits per heavy atom. The first-order chi connectivity index (χ1) is 12.0. The van der Waals surface area contributed by atoms with Gasteiger partial charge in [0.1, 0.15) is 10.8 Å². The summed E-state index contributed by atoms with van der Waals surface area (Å²) in [7, 11) is 0. The molecule has 1 rings (SSSR count). The van der Waals surface area contributed by atoms with Crippen LogP contribution in [0.5, 0.6) is 0 Å². The van der Waals surface area contributed by atoms with E-state index < -0.39 is 11.7 Å². The van der Waals surface area contributed by atoms with E-state index in [1.165, 1.54) is 6.08 Å². The third kappa shape index (κ3) is 7.91. The summed E-state index contributed by atoms with van der Waals surface area (Å²) >= 11 is 6.33. The Hall–Kier alpha value is -2.02. The average molecular weight is 385 g/mol. The lowest BCUT2D eigenvalue weighted by molar-refractivity contribution is -0.116. The van der Waals surface area contributed by atoms with Crippen LogP contribution in [0.2, 0.25) is 5.15 Å². The van der Waals surface area contributed by atoms with Gasteiger partial charge in [-0.25, -0.2) is 4.79 Å². The summed E-state index contributed by atoms with van der Waals surface area (Å²) in [6, 6.07) is 0. The lowest BCUT2D eigenvalue weighted by atomic mass is 10.2. The Morgan fingerprint density at radius 3 is 2.46 bits per heavy atom. The number of ether oxygens (including phenoxy) is 1. The van der Waals surface area contributed by atoms with E-state index in [2.05, 4.69) is 29.6 Å². The van der Waals surface area contributed by atoms with E-state index in [9.17, 15) is 9.59 Å². The molecule has 1 aromatic rings. The van der Waals surface area contributed by atoms with E-state index in [1.54, 1.807) is 31.5 Å². The Labute approximate surface area is 160 Å². The zero-order chi connectivity index (χ0) is 19.9. The molecule has 7 nitrogen and oxygen atoms in total. The molecule has 0 fully saturated rings. The van der Waals surface area contributed by atoms with Gasteiger partial charge in [-0.15, -0.1) is 0 Å². The van der Waals surface area contributed by atoms with Crippen LogP contribution in [0.4, 0.5) is 4.79 Å². The maximum absolute atomic E-state index is 11.9. The molecule has 8 heteroatoms. The second-order valence-corrected chi connectivity index (χ2v) is 7.78. The number of amides is 2. The highest BCUT2D eigenvalue weighted by Gasteiger charge is 2.15. The topological polar surface area (TPSA) is 85.3 Å². The summed E-state index contributed by atoms with van der Waals surface area (Å²) in [5.74, 6) is 0.146. The summed E-state index contributed by atoms with van der Waals surface area (Å²) in [5.41, 5.74) is 0.952. The highest BCUT2D eigenvalue weighted by atomic mass is 35.5. The molecule has 0 radical (unpaired) electrons. The van der Waals surface area contributed by atoms with Crippen molar-refractivity contribution in [1.82, 2.24) is 20.4 Å². The third-order valence-corrected chi connectivity index (χ3v) is 3.54. The first kappa shape index (κ1) is 22.0. The SMILES string of the molecule is Cc1nn(CC(C)C)c(Cl)c1/C=C/C(=O)NCCNC(=O)OC(C)(C)C. The smallest absolute Gasteiger partial charge is 0.407 e. The number of halogens is 1. The van der Waals surface area contributed by atoms with Crippen molar-refractivity contribution in [2.45, 2.75) is 53.7 Å². The predicted molar refractivity (Wildman–Crippen MR) is 103 cm³/mol. The Balaban J connectivity index is 2.46. The van der Waals surface area contributed by atoms with Crippen molar-refractivity contribution in [3.05, 3.63) is 22.5 Å². The highest BCUT2D eigenvalue weighted by Crippen LogP contribution is 2.22. The molecule has 0 spiro atoms. The van der Waals surface area contributed by atoms with E-state index in [4.69, 9.17) is 16.3 Å². The minimum Gasteiger partial charge on any atom is -0.444 e. The molecule has 0 bridgehead atoms. The second kappa shape index (κ2) is 9.62. The Morgan fingerprint density at radius 1 is 1.27 bits per heavy atom. The van der Waals surface area contributed by atoms with Gasteiger partial charge in [0.2, 0.25) is 5.91 Å². The third-order valence-electron chi connectivity index (χ3n) is 3.14. The molecule has 0 saturated carbocycles. The number of rotatable bonds is 7. The maximum Gasteiger partial charge on any atom is 0.407 e. The van der Waals surface area contributed by atoms with Crippen LogP contribution in [0.15, 0.2) is 6.08 Å². The molecule has 0 aliphatic carbocycles. The van der Waals surface area contributed by atoms with Crippen molar-refractivity contribution < 1.29 is 14.3 Å². The van der Waals surface area contributed by atoms with Gasteiger partial charge in [0.15, 0.2) is 0 Å². The van der Waals surface area contributed by atoms with Crippen LogP contribution in [-0.4, -0.2) is 40.5 Å². The molecular formula is C18H29ClN4O3. The number of aromatic nitrogens is 2. The van der Waals surface area contributed by atoms with Gasteiger partial charge >= 0.3 is 6.09 Å². The van der Waals surface area contributed by atoms with E-state index in [1.807, 2.05) is 6.92 Å². The summed E-state index contributed by atoms with van der Waals surface area (Å²) < 4.78 is 6.85. The molecule has 1 aromatic heterocycles. The molecule has 1 heterocycles. The van der Waals surface area contributed by atoms with Crippen LogP contribution in [-0.2, 0) is 16.1 Å². The van der Waals surface area contributed by atoms with Crippen molar-refractivity contribution in [3.8, 4) is 0 Å². The fraction of sp³-hybridized carbons (Fsp3) is 0.611. The van der Waals surface area contributed by atoms with Gasteiger partial charge in [0.25, 0.3) is 0 Å². The zero-order valence-electron chi connectivity index (χ0n) is 16.4. The molecule has 0 aliphatic heterocycles. The number of carbonyl (C=O) groups is 2. The van der Waals surface area contributed by atoms with E-state index in [0.717, 1.165) is 17.8 Å². The molecule has 2 amide bonds. The first-order valence-corrected chi connectivity index (χ1v) is 9.03. The normalized spacial score (nSPS) is 11.8. The van der Waals surface area contributed by atoms with E-state index in [0.29, 0.717) is 17.6 Å². The summed E-state index contributed by atoms with van der Waals surface area (Å²) in [4.78, 5) is 23.4. The van der Waals surface area contributed by atoms with Crippen molar-refractivity contribution in [3.63, 3.8) is 0 Å². The monoisotopic (exact) mass is 384 g/mol. The predicted octanol–water partition coefficient (Wildman–Crippen LogP) is 3.16. The van der Waals surface area contributed by atoms with E-state index in [-0.39, 0.29) is 12.5 Å². The van der Waals surface area contributed by atoms with Crippen LogP contribution in [0.3, 0.4) is 0 Å². The molecule has 146 valence electrons. The van der Waals surface area contributed by atoms with Gasteiger partial charge in [0, 0.05) is 31.3 Å². The van der Waals surface area contributed by atoms with Gasteiger partial charge in [-0.05, 0) is 39.7 Å². The van der Waals surface area contributed by atoms with Crippen LogP contribution in [0, 0.1) is 12.8 Å². The van der Waals surface area contributed by atoms with Crippen LogP contribution in [0.25, 0.3) is 6.08 Å². The zero-order valence-corrected chi connectivity index (χ0v) is 17.1. The second-order valence-electron chi connectivity index (χ2n) is 7.42. The van der Waals surface area contributed by atoms with Crippen LogP contribution in [0.1, 0.15) is 45.9 Å². The number of hydrogen-bond donors (Lipinski definition) is 2. The van der Waals surface area contributed by atoms with Gasteiger partial charge < -0.3 is 15.4 Å².